The molecular formula is C12H21N3O5. The first kappa shape index (κ1) is 16.2. The molecule has 20 heavy (non-hydrogen) atoms. The zero-order valence-corrected chi connectivity index (χ0v) is 11.7. The number of hydrogen-bond donors (Lipinski definition) is 3. The van der Waals surface area contributed by atoms with Gasteiger partial charge >= 0.3 is 18.0 Å². The molecule has 1 unspecified atom stereocenters. The Balaban J connectivity index is 2.63. The number of carbonyl (C=O) groups excluding carboxylic acids is 1. The molecule has 2 atom stereocenters. The lowest BCUT2D eigenvalue weighted by molar-refractivity contribution is -0.145. The number of nitrogens with one attached hydrogen (secondary N) is 1. The van der Waals surface area contributed by atoms with E-state index in [9.17, 15) is 14.4 Å². The molecule has 1 heterocycles. The molecule has 1 fully saturated rings. The second-order valence-electron chi connectivity index (χ2n) is 5.19. The molecular weight excluding hydrogens is 266 g/mol. The van der Waals surface area contributed by atoms with Crippen molar-refractivity contribution in [2.24, 2.45) is 0 Å². The monoisotopic (exact) mass is 287 g/mol. The summed E-state index contributed by atoms with van der Waals surface area (Å²) in [6, 6.07) is -1.88. The lowest BCUT2D eigenvalue weighted by Crippen LogP contribution is -2.51. The predicted octanol–water partition coefficient (Wildman–Crippen LogP) is -0.350. The predicted molar refractivity (Wildman–Crippen MR) is 70.5 cm³/mol. The van der Waals surface area contributed by atoms with E-state index in [0.29, 0.717) is 13.1 Å². The van der Waals surface area contributed by atoms with Crippen LogP contribution in [0, 0.1) is 0 Å². The Labute approximate surface area is 117 Å². The van der Waals surface area contributed by atoms with Crippen LogP contribution < -0.4 is 5.32 Å². The van der Waals surface area contributed by atoms with Crippen molar-refractivity contribution in [3.63, 3.8) is 0 Å². The van der Waals surface area contributed by atoms with Crippen LogP contribution >= 0.6 is 0 Å². The van der Waals surface area contributed by atoms with E-state index in [2.05, 4.69) is 5.32 Å². The molecule has 0 spiro atoms. The van der Waals surface area contributed by atoms with Gasteiger partial charge in [-0.15, -0.1) is 0 Å². The molecule has 8 nitrogen and oxygen atoms in total. The van der Waals surface area contributed by atoms with Gasteiger partial charge in [-0.3, -0.25) is 4.79 Å². The Morgan fingerprint density at radius 1 is 1.35 bits per heavy atom. The Bertz CT molecular complexity index is 385. The Morgan fingerprint density at radius 2 is 2.00 bits per heavy atom. The molecule has 0 aromatic heterocycles. The average molecular weight is 287 g/mol. The number of urea groups is 1. The maximum Gasteiger partial charge on any atom is 0.326 e. The quantitative estimate of drug-likeness (QED) is 0.616. The van der Waals surface area contributed by atoms with Gasteiger partial charge in [-0.1, -0.05) is 0 Å². The minimum Gasteiger partial charge on any atom is -0.481 e. The average Bonchev–Trinajstić information content (AvgIpc) is 2.74. The van der Waals surface area contributed by atoms with Gasteiger partial charge in [0.05, 0.1) is 6.42 Å². The molecule has 0 bridgehead atoms. The largest absolute Gasteiger partial charge is 0.481 e. The fourth-order valence-corrected chi connectivity index (χ4v) is 2.32. The number of carboxylic acids is 2. The van der Waals surface area contributed by atoms with E-state index < -0.39 is 30.4 Å². The van der Waals surface area contributed by atoms with Gasteiger partial charge in [-0.05, 0) is 26.9 Å². The lowest BCUT2D eigenvalue weighted by atomic mass is 10.2. The first-order valence-electron chi connectivity index (χ1n) is 6.47. The molecule has 3 N–H and O–H groups in total. The lowest BCUT2D eigenvalue weighted by Gasteiger charge is -2.28. The summed E-state index contributed by atoms with van der Waals surface area (Å²) in [5.41, 5.74) is 0. The van der Waals surface area contributed by atoms with Crippen LogP contribution in [-0.4, -0.2) is 77.3 Å². The molecule has 1 aliphatic heterocycles. The minimum absolute atomic E-state index is 0.0317. The molecule has 2 amide bonds. The summed E-state index contributed by atoms with van der Waals surface area (Å²) in [5.74, 6) is -2.60. The smallest absolute Gasteiger partial charge is 0.326 e. The highest BCUT2D eigenvalue weighted by Crippen LogP contribution is 2.18. The number of hydrogen-bond acceptors (Lipinski definition) is 4. The van der Waals surface area contributed by atoms with Crippen molar-refractivity contribution < 1.29 is 24.6 Å². The second-order valence-corrected chi connectivity index (χ2v) is 5.19. The van der Waals surface area contributed by atoms with Gasteiger partial charge < -0.3 is 25.3 Å². The van der Waals surface area contributed by atoms with Gasteiger partial charge in [0, 0.05) is 19.1 Å². The Kier molecular flexibility index (Phi) is 5.75. The van der Waals surface area contributed by atoms with Crippen LogP contribution in [0.5, 0.6) is 0 Å². The summed E-state index contributed by atoms with van der Waals surface area (Å²) >= 11 is 0. The standard InChI is InChI=1S/C12H21N3O5/c1-14(2)7-8-4-3-5-15(8)12(20)13-9(11(18)19)6-10(16)17/h8-9H,3-7H2,1-2H3,(H,13,20)(H,16,17)(H,18,19)/t8?,9-/m1/s1. The third-order valence-corrected chi connectivity index (χ3v) is 3.19. The first-order valence-corrected chi connectivity index (χ1v) is 6.47. The van der Waals surface area contributed by atoms with Crippen molar-refractivity contribution in [1.29, 1.82) is 0 Å². The van der Waals surface area contributed by atoms with Crippen molar-refractivity contribution >= 4 is 18.0 Å². The molecule has 1 aliphatic rings. The van der Waals surface area contributed by atoms with E-state index in [1.807, 2.05) is 19.0 Å². The van der Waals surface area contributed by atoms with Crippen LogP contribution in [0.3, 0.4) is 0 Å². The second kappa shape index (κ2) is 7.09. The van der Waals surface area contributed by atoms with Crippen molar-refractivity contribution in [3.05, 3.63) is 0 Å². The number of carbonyl (C=O) groups is 3. The highest BCUT2D eigenvalue weighted by Gasteiger charge is 2.32. The molecule has 0 aromatic carbocycles. The Morgan fingerprint density at radius 3 is 2.50 bits per heavy atom. The molecule has 0 aliphatic carbocycles. The summed E-state index contributed by atoms with van der Waals surface area (Å²) in [6.07, 6.45) is 1.10. The van der Waals surface area contributed by atoms with E-state index >= 15 is 0 Å². The van der Waals surface area contributed by atoms with Crippen LogP contribution in [0.4, 0.5) is 4.79 Å². The molecule has 114 valence electrons. The zero-order chi connectivity index (χ0) is 15.3. The van der Waals surface area contributed by atoms with Gasteiger partial charge in [0.1, 0.15) is 6.04 Å². The van der Waals surface area contributed by atoms with Crippen molar-refractivity contribution in [1.82, 2.24) is 15.1 Å². The summed E-state index contributed by atoms with van der Waals surface area (Å²) in [6.45, 7) is 1.26. The zero-order valence-electron chi connectivity index (χ0n) is 11.7. The molecule has 0 aromatic rings. The molecule has 1 rings (SSSR count). The van der Waals surface area contributed by atoms with Gasteiger partial charge in [0.25, 0.3) is 0 Å². The molecule has 0 radical (unpaired) electrons. The van der Waals surface area contributed by atoms with Crippen molar-refractivity contribution in [2.75, 3.05) is 27.2 Å². The van der Waals surface area contributed by atoms with E-state index in [1.165, 1.54) is 0 Å². The minimum atomic E-state index is -1.40. The van der Waals surface area contributed by atoms with Crippen LogP contribution in [0.15, 0.2) is 0 Å². The summed E-state index contributed by atoms with van der Waals surface area (Å²) in [7, 11) is 3.80. The van der Waals surface area contributed by atoms with Crippen molar-refractivity contribution in [2.45, 2.75) is 31.3 Å². The van der Waals surface area contributed by atoms with Crippen LogP contribution in [-0.2, 0) is 9.59 Å². The highest BCUT2D eigenvalue weighted by atomic mass is 16.4. The van der Waals surface area contributed by atoms with Crippen LogP contribution in [0.1, 0.15) is 19.3 Å². The van der Waals surface area contributed by atoms with Gasteiger partial charge in [-0.2, -0.15) is 0 Å². The number of nitrogens with zero attached hydrogens (tertiary/aromatic N) is 2. The normalized spacial score (nSPS) is 19.9. The number of rotatable bonds is 6. The van der Waals surface area contributed by atoms with E-state index in [0.717, 1.165) is 12.8 Å². The third kappa shape index (κ3) is 4.69. The maximum atomic E-state index is 12.1. The fourth-order valence-electron chi connectivity index (χ4n) is 2.32. The summed E-state index contributed by atoms with van der Waals surface area (Å²) < 4.78 is 0. The maximum absolute atomic E-state index is 12.1. The van der Waals surface area contributed by atoms with Crippen molar-refractivity contribution in [3.8, 4) is 0 Å². The molecule has 0 saturated carbocycles. The summed E-state index contributed by atoms with van der Waals surface area (Å²) in [4.78, 5) is 37.1. The van der Waals surface area contributed by atoms with Gasteiger partial charge in [0.15, 0.2) is 0 Å². The number of carboxylic acid groups (broad SMARTS) is 2. The van der Waals surface area contributed by atoms with E-state index in [4.69, 9.17) is 10.2 Å². The highest BCUT2D eigenvalue weighted by molar-refractivity contribution is 5.86. The SMILES string of the molecule is CN(C)CC1CCCN1C(=O)N[C@H](CC(=O)O)C(=O)O. The van der Waals surface area contributed by atoms with E-state index in [1.54, 1.807) is 4.90 Å². The molecule has 1 saturated heterocycles. The third-order valence-electron chi connectivity index (χ3n) is 3.19. The number of amides is 2. The van der Waals surface area contributed by atoms with Gasteiger partial charge in [-0.25, -0.2) is 9.59 Å². The number of likely N-dealkylation sites (tertiary alicyclic amines) is 1. The molecule has 8 heteroatoms. The van der Waals surface area contributed by atoms with E-state index in [-0.39, 0.29) is 6.04 Å². The Hall–Kier alpha value is -1.83. The van der Waals surface area contributed by atoms with Crippen LogP contribution in [0.2, 0.25) is 0 Å². The number of likely N-dealkylation sites (N-methyl/N-ethyl adjacent to an activating group) is 1. The first-order chi connectivity index (χ1) is 9.31. The fraction of sp³-hybridized carbons (Fsp3) is 0.750. The van der Waals surface area contributed by atoms with Crippen LogP contribution in [0.25, 0.3) is 0 Å². The van der Waals surface area contributed by atoms with Gasteiger partial charge in [0.2, 0.25) is 0 Å². The summed E-state index contributed by atoms with van der Waals surface area (Å²) in [5, 5.41) is 19.8. The topological polar surface area (TPSA) is 110 Å². The number of aliphatic carboxylic acids is 2.